The van der Waals surface area contributed by atoms with Gasteiger partial charge in [0, 0.05) is 37.7 Å². The second kappa shape index (κ2) is 6.91. The van der Waals surface area contributed by atoms with E-state index in [-0.39, 0.29) is 12.1 Å². The molecule has 3 rings (SSSR count). The first-order valence-electron chi connectivity index (χ1n) is 8.24. The molecule has 1 fully saturated rings. The van der Waals surface area contributed by atoms with Crippen molar-refractivity contribution in [2.75, 3.05) is 27.2 Å². The van der Waals surface area contributed by atoms with Gasteiger partial charge < -0.3 is 19.7 Å². The second-order valence-corrected chi connectivity index (χ2v) is 6.97. The van der Waals surface area contributed by atoms with Crippen LogP contribution in [0.2, 0.25) is 0 Å². The minimum Gasteiger partial charge on any atom is -0.352 e. The van der Waals surface area contributed by atoms with E-state index in [1.165, 1.54) is 11.4 Å². The number of likely N-dealkylation sites (N-methyl/N-ethyl adjacent to an activating group) is 1. The minimum atomic E-state index is 0.0638. The number of hydrogen-bond donors (Lipinski definition) is 1. The van der Waals surface area contributed by atoms with Crippen LogP contribution in [0, 0.1) is 6.92 Å². The Bertz CT molecular complexity index is 709. The molecule has 1 saturated heterocycles. The predicted molar refractivity (Wildman–Crippen MR) is 101 cm³/mol. The fourth-order valence-corrected chi connectivity index (χ4v) is 3.54. The summed E-state index contributed by atoms with van der Waals surface area (Å²) in [7, 11) is 6.29. The first kappa shape index (κ1) is 16.9. The highest BCUT2D eigenvalue weighted by Crippen LogP contribution is 2.38. The molecule has 0 radical (unpaired) electrons. The van der Waals surface area contributed by atoms with Gasteiger partial charge in [-0.25, -0.2) is 0 Å². The first-order valence-corrected chi connectivity index (χ1v) is 8.65. The van der Waals surface area contributed by atoms with E-state index >= 15 is 0 Å². The molecule has 0 bridgehead atoms. The molecule has 1 aliphatic rings. The highest BCUT2D eigenvalue weighted by molar-refractivity contribution is 7.80. The van der Waals surface area contributed by atoms with E-state index in [4.69, 9.17) is 12.2 Å². The molecule has 24 heavy (non-hydrogen) atoms. The summed E-state index contributed by atoms with van der Waals surface area (Å²) in [6.07, 6.45) is 1.84. The lowest BCUT2D eigenvalue weighted by Crippen LogP contribution is -2.36. The summed E-state index contributed by atoms with van der Waals surface area (Å²) in [5.41, 5.74) is 3.53. The van der Waals surface area contributed by atoms with Crippen LogP contribution in [-0.4, -0.2) is 51.6 Å². The van der Waals surface area contributed by atoms with Crippen molar-refractivity contribution in [2.24, 2.45) is 7.05 Å². The maximum Gasteiger partial charge on any atom is 0.170 e. The molecule has 2 aromatic rings. The van der Waals surface area contributed by atoms with E-state index in [0.29, 0.717) is 0 Å². The van der Waals surface area contributed by atoms with Crippen molar-refractivity contribution in [3.63, 3.8) is 0 Å². The van der Waals surface area contributed by atoms with Crippen molar-refractivity contribution in [3.8, 4) is 0 Å². The summed E-state index contributed by atoms with van der Waals surface area (Å²) in [6, 6.07) is 10.6. The van der Waals surface area contributed by atoms with E-state index in [1.807, 2.05) is 18.3 Å². The molecule has 2 aromatic heterocycles. The monoisotopic (exact) mass is 343 g/mol. The zero-order chi connectivity index (χ0) is 17.3. The van der Waals surface area contributed by atoms with Gasteiger partial charge in [0.05, 0.1) is 17.8 Å². The first-order chi connectivity index (χ1) is 11.5. The topological polar surface area (TPSA) is 36.3 Å². The van der Waals surface area contributed by atoms with Crippen LogP contribution in [0.1, 0.15) is 29.2 Å². The molecular weight excluding hydrogens is 318 g/mol. The Hall–Kier alpha value is -1.92. The van der Waals surface area contributed by atoms with Crippen LogP contribution in [0.5, 0.6) is 0 Å². The number of rotatable bonds is 5. The third kappa shape index (κ3) is 3.16. The summed E-state index contributed by atoms with van der Waals surface area (Å²) >= 11 is 5.66. The molecule has 0 spiro atoms. The van der Waals surface area contributed by atoms with Crippen molar-refractivity contribution in [1.29, 1.82) is 0 Å². The summed E-state index contributed by atoms with van der Waals surface area (Å²) in [5.74, 6) is 0. The normalized spacial score (nSPS) is 20.7. The van der Waals surface area contributed by atoms with Crippen molar-refractivity contribution in [3.05, 3.63) is 53.6 Å². The molecular formula is C18H25N5S. The number of aryl methyl sites for hydroxylation is 1. The Labute approximate surface area is 149 Å². The lowest BCUT2D eigenvalue weighted by Gasteiger charge is -2.29. The number of pyridine rings is 1. The Kier molecular flexibility index (Phi) is 4.87. The van der Waals surface area contributed by atoms with E-state index in [0.717, 1.165) is 23.9 Å². The second-order valence-electron chi connectivity index (χ2n) is 6.58. The largest absolute Gasteiger partial charge is 0.352 e. The van der Waals surface area contributed by atoms with Crippen LogP contribution in [0.25, 0.3) is 0 Å². The van der Waals surface area contributed by atoms with Gasteiger partial charge in [-0.05, 0) is 57.5 Å². The molecule has 0 saturated carbocycles. The lowest BCUT2D eigenvalue weighted by atomic mass is 10.0. The van der Waals surface area contributed by atoms with Crippen LogP contribution in [0.15, 0.2) is 36.5 Å². The standard InChI is InChI=1S/C18H25N5S/c1-13-8-9-15(22(13)4)17-16(14-7-5-6-10-19-14)20-18(24)23(17)12-11-21(2)3/h5-10,16-17H,11-12H2,1-4H3,(H,20,24)/t16-,17-/m0/s1. The third-order valence-electron chi connectivity index (χ3n) is 4.70. The molecule has 0 aromatic carbocycles. The van der Waals surface area contributed by atoms with Gasteiger partial charge >= 0.3 is 0 Å². The van der Waals surface area contributed by atoms with Gasteiger partial charge in [-0.2, -0.15) is 0 Å². The van der Waals surface area contributed by atoms with Crippen molar-refractivity contribution in [1.82, 2.24) is 24.7 Å². The summed E-state index contributed by atoms with van der Waals surface area (Å²) in [4.78, 5) is 9.05. The Morgan fingerprint density at radius 3 is 2.62 bits per heavy atom. The highest BCUT2D eigenvalue weighted by Gasteiger charge is 2.40. The molecule has 2 atom stereocenters. The Balaban J connectivity index is 1.99. The molecule has 0 amide bonds. The van der Waals surface area contributed by atoms with Gasteiger partial charge in [0.1, 0.15) is 0 Å². The Morgan fingerprint density at radius 1 is 1.25 bits per heavy atom. The number of nitrogens with zero attached hydrogens (tertiary/aromatic N) is 4. The van der Waals surface area contributed by atoms with Gasteiger partial charge in [-0.15, -0.1) is 0 Å². The van der Waals surface area contributed by atoms with Gasteiger partial charge in [-0.3, -0.25) is 4.98 Å². The maximum atomic E-state index is 5.66. The average Bonchev–Trinajstić information content (AvgIpc) is 3.06. The van der Waals surface area contributed by atoms with E-state index in [9.17, 15) is 0 Å². The molecule has 0 aliphatic carbocycles. The molecule has 128 valence electrons. The summed E-state index contributed by atoms with van der Waals surface area (Å²) < 4.78 is 2.25. The fraction of sp³-hybridized carbons (Fsp3) is 0.444. The zero-order valence-electron chi connectivity index (χ0n) is 14.7. The fourth-order valence-electron chi connectivity index (χ4n) is 3.21. The van der Waals surface area contributed by atoms with Gasteiger partial charge in [-0.1, -0.05) is 6.07 Å². The lowest BCUT2D eigenvalue weighted by molar-refractivity contribution is 0.270. The highest BCUT2D eigenvalue weighted by atomic mass is 32.1. The minimum absolute atomic E-state index is 0.0638. The van der Waals surface area contributed by atoms with Gasteiger partial charge in [0.2, 0.25) is 0 Å². The van der Waals surface area contributed by atoms with Gasteiger partial charge in [0.25, 0.3) is 0 Å². The third-order valence-corrected chi connectivity index (χ3v) is 5.05. The number of nitrogens with one attached hydrogen (secondary N) is 1. The zero-order valence-corrected chi connectivity index (χ0v) is 15.5. The van der Waals surface area contributed by atoms with Gasteiger partial charge in [0.15, 0.2) is 5.11 Å². The molecule has 0 unspecified atom stereocenters. The average molecular weight is 344 g/mol. The quantitative estimate of drug-likeness (QED) is 0.843. The number of thiocarbonyl (C=S) groups is 1. The number of aromatic nitrogens is 2. The number of hydrogen-bond acceptors (Lipinski definition) is 3. The smallest absolute Gasteiger partial charge is 0.170 e. The Morgan fingerprint density at radius 2 is 2.04 bits per heavy atom. The summed E-state index contributed by atoms with van der Waals surface area (Å²) in [5, 5.41) is 4.29. The van der Waals surface area contributed by atoms with Crippen molar-refractivity contribution < 1.29 is 0 Å². The van der Waals surface area contributed by atoms with Crippen LogP contribution >= 0.6 is 12.2 Å². The molecule has 3 heterocycles. The van der Waals surface area contributed by atoms with E-state index < -0.39 is 0 Å². The van der Waals surface area contributed by atoms with Crippen LogP contribution in [-0.2, 0) is 7.05 Å². The van der Waals surface area contributed by atoms with Crippen LogP contribution < -0.4 is 5.32 Å². The molecule has 6 heteroatoms. The van der Waals surface area contributed by atoms with Crippen LogP contribution in [0.3, 0.4) is 0 Å². The van der Waals surface area contributed by atoms with E-state index in [1.54, 1.807) is 0 Å². The molecule has 1 aliphatic heterocycles. The molecule has 1 N–H and O–H groups in total. The SMILES string of the molecule is Cc1ccc([C@H]2[C@H](c3ccccn3)NC(=S)N2CCN(C)C)n1C. The van der Waals surface area contributed by atoms with E-state index in [2.05, 4.69) is 70.9 Å². The molecule has 5 nitrogen and oxygen atoms in total. The predicted octanol–water partition coefficient (Wildman–Crippen LogP) is 2.26. The maximum absolute atomic E-state index is 5.66. The van der Waals surface area contributed by atoms with Crippen molar-refractivity contribution in [2.45, 2.75) is 19.0 Å². The summed E-state index contributed by atoms with van der Waals surface area (Å²) in [6.45, 7) is 3.97. The van der Waals surface area contributed by atoms with Crippen molar-refractivity contribution >= 4 is 17.3 Å². The van der Waals surface area contributed by atoms with Crippen LogP contribution in [0.4, 0.5) is 0 Å².